The second kappa shape index (κ2) is 8.72. The molecule has 3 aromatic carbocycles. The Morgan fingerprint density at radius 3 is 2.32 bits per heavy atom. The zero-order chi connectivity index (χ0) is 22.0. The number of Topliss-reactive ketones (excluding diaryl/α,β-unsaturated/α-hetero) is 1. The molecule has 3 nitrogen and oxygen atoms in total. The number of aryl methyl sites for hydroxylation is 1. The second-order valence-corrected chi connectivity index (χ2v) is 7.65. The van der Waals surface area contributed by atoms with Crippen molar-refractivity contribution in [2.45, 2.75) is 32.7 Å². The fourth-order valence-electron chi connectivity index (χ4n) is 4.16. The van der Waals surface area contributed by atoms with E-state index in [4.69, 9.17) is 0 Å². The third kappa shape index (κ3) is 4.36. The molecule has 0 unspecified atom stereocenters. The molecule has 0 bridgehead atoms. The summed E-state index contributed by atoms with van der Waals surface area (Å²) in [4.78, 5) is 13.3. The van der Waals surface area contributed by atoms with E-state index in [1.54, 1.807) is 12.1 Å². The molecule has 0 saturated heterocycles. The van der Waals surface area contributed by atoms with Gasteiger partial charge in [0.25, 0.3) is 0 Å². The van der Waals surface area contributed by atoms with E-state index >= 15 is 0 Å². The van der Waals surface area contributed by atoms with Crippen LogP contribution in [0.4, 0.5) is 8.78 Å². The van der Waals surface area contributed by atoms with E-state index in [0.29, 0.717) is 29.5 Å². The Morgan fingerprint density at radius 2 is 1.65 bits per heavy atom. The zero-order valence-electron chi connectivity index (χ0n) is 17.2. The van der Waals surface area contributed by atoms with Crippen molar-refractivity contribution in [2.24, 2.45) is 0 Å². The van der Waals surface area contributed by atoms with Crippen LogP contribution in [0.2, 0.25) is 0 Å². The van der Waals surface area contributed by atoms with Crippen LogP contribution in [0.15, 0.2) is 66.7 Å². The summed E-state index contributed by atoms with van der Waals surface area (Å²) in [5.74, 6) is -1.32. The van der Waals surface area contributed by atoms with Gasteiger partial charge in [-0.05, 0) is 54.3 Å². The Labute approximate surface area is 179 Å². The molecule has 0 amide bonds. The smallest absolute Gasteiger partial charge is 0.165 e. The molecule has 0 radical (unpaired) electrons. The fourth-order valence-corrected chi connectivity index (χ4v) is 4.16. The molecule has 1 heterocycles. The first kappa shape index (κ1) is 20.8. The lowest BCUT2D eigenvalue weighted by molar-refractivity contribution is 0.0983. The van der Waals surface area contributed by atoms with Gasteiger partial charge in [0.1, 0.15) is 17.4 Å². The number of halogens is 2. The number of phenols is 1. The van der Waals surface area contributed by atoms with Gasteiger partial charge in [0.2, 0.25) is 0 Å². The summed E-state index contributed by atoms with van der Waals surface area (Å²) in [7, 11) is 0. The molecule has 0 aliphatic heterocycles. The van der Waals surface area contributed by atoms with Crippen LogP contribution in [0.5, 0.6) is 5.75 Å². The first-order valence-corrected chi connectivity index (χ1v) is 10.3. The van der Waals surface area contributed by atoms with Crippen molar-refractivity contribution in [2.75, 3.05) is 0 Å². The minimum absolute atomic E-state index is 0.0910. The van der Waals surface area contributed by atoms with Gasteiger partial charge in [-0.2, -0.15) is 0 Å². The van der Waals surface area contributed by atoms with Crippen molar-refractivity contribution in [3.63, 3.8) is 0 Å². The van der Waals surface area contributed by atoms with E-state index < -0.39 is 11.6 Å². The van der Waals surface area contributed by atoms with Crippen molar-refractivity contribution in [3.8, 4) is 5.75 Å². The third-order valence-electron chi connectivity index (χ3n) is 5.51. The average Bonchev–Trinajstić information content (AvgIpc) is 3.04. The number of ketones is 1. The van der Waals surface area contributed by atoms with Crippen LogP contribution in [0.25, 0.3) is 10.9 Å². The normalized spacial score (nSPS) is 11.2. The van der Waals surface area contributed by atoms with Gasteiger partial charge in [-0.15, -0.1) is 0 Å². The van der Waals surface area contributed by atoms with Crippen molar-refractivity contribution in [1.82, 2.24) is 4.57 Å². The minimum Gasteiger partial charge on any atom is -0.508 e. The molecule has 1 N–H and O–H groups in total. The number of hydrogen-bond donors (Lipinski definition) is 1. The van der Waals surface area contributed by atoms with Gasteiger partial charge in [-0.1, -0.05) is 37.3 Å². The molecule has 0 atom stereocenters. The van der Waals surface area contributed by atoms with E-state index in [9.17, 15) is 18.7 Å². The highest BCUT2D eigenvalue weighted by Crippen LogP contribution is 2.32. The number of carbonyl (C=O) groups is 1. The van der Waals surface area contributed by atoms with Gasteiger partial charge < -0.3 is 9.67 Å². The number of aromatic hydroxyl groups is 1. The van der Waals surface area contributed by atoms with Crippen molar-refractivity contribution in [1.29, 1.82) is 0 Å². The molecule has 31 heavy (non-hydrogen) atoms. The zero-order valence-corrected chi connectivity index (χ0v) is 17.2. The molecular weight excluding hydrogens is 396 g/mol. The van der Waals surface area contributed by atoms with Crippen molar-refractivity contribution in [3.05, 3.63) is 101 Å². The second-order valence-electron chi connectivity index (χ2n) is 7.65. The fraction of sp³-hybridized carbons (Fsp3) is 0.192. The standard InChI is InChI=1S/C26H23F2NO2/c1-2-23-26(25(31)11-8-18-12-19(27)14-20(28)13-18)22-15-21(30)9-10-24(22)29(23)16-17-6-4-3-5-7-17/h3-7,9-10,12-15,30H,2,8,11,16H2,1H3. The summed E-state index contributed by atoms with van der Waals surface area (Å²) in [6.07, 6.45) is 0.995. The largest absolute Gasteiger partial charge is 0.508 e. The SMILES string of the molecule is CCc1c(C(=O)CCc2cc(F)cc(F)c2)c2cc(O)ccc2n1Cc1ccccc1. The lowest BCUT2D eigenvalue weighted by atomic mass is 9.99. The van der Waals surface area contributed by atoms with E-state index in [-0.39, 0.29) is 24.4 Å². The number of hydrogen-bond acceptors (Lipinski definition) is 2. The van der Waals surface area contributed by atoms with E-state index in [1.165, 1.54) is 12.1 Å². The number of rotatable bonds is 7. The topological polar surface area (TPSA) is 42.2 Å². The van der Waals surface area contributed by atoms with Crippen LogP contribution in [0.3, 0.4) is 0 Å². The molecule has 4 rings (SSSR count). The number of carbonyl (C=O) groups excluding carboxylic acids is 1. The highest BCUT2D eigenvalue weighted by Gasteiger charge is 2.22. The average molecular weight is 419 g/mol. The van der Waals surface area contributed by atoms with E-state index in [1.807, 2.05) is 43.3 Å². The molecule has 0 fully saturated rings. The Hall–Kier alpha value is -3.47. The van der Waals surface area contributed by atoms with E-state index in [2.05, 4.69) is 4.57 Å². The summed E-state index contributed by atoms with van der Waals surface area (Å²) in [6.45, 7) is 2.60. The van der Waals surface area contributed by atoms with Gasteiger partial charge in [-0.3, -0.25) is 4.79 Å². The molecule has 0 aliphatic rings. The molecule has 158 valence electrons. The third-order valence-corrected chi connectivity index (χ3v) is 5.51. The Bertz CT molecular complexity index is 1230. The molecule has 5 heteroatoms. The minimum atomic E-state index is -0.652. The molecule has 4 aromatic rings. The number of nitrogens with zero attached hydrogens (tertiary/aromatic N) is 1. The molecule has 0 aliphatic carbocycles. The Morgan fingerprint density at radius 1 is 0.935 bits per heavy atom. The van der Waals surface area contributed by atoms with Crippen molar-refractivity contribution >= 4 is 16.7 Å². The summed E-state index contributed by atoms with van der Waals surface area (Å²) in [6, 6.07) is 18.4. The Kier molecular flexibility index (Phi) is 5.85. The van der Waals surface area contributed by atoms with Gasteiger partial charge in [0, 0.05) is 41.2 Å². The van der Waals surface area contributed by atoms with Crippen LogP contribution < -0.4 is 0 Å². The summed E-state index contributed by atoms with van der Waals surface area (Å²) in [5.41, 5.74) is 3.89. The predicted molar refractivity (Wildman–Crippen MR) is 118 cm³/mol. The molecular formula is C26H23F2NO2. The molecule has 1 aromatic heterocycles. The summed E-state index contributed by atoms with van der Waals surface area (Å²) >= 11 is 0. The maximum absolute atomic E-state index is 13.5. The van der Waals surface area contributed by atoms with Crippen LogP contribution >= 0.6 is 0 Å². The van der Waals surface area contributed by atoms with Gasteiger partial charge in [0.15, 0.2) is 5.78 Å². The number of aromatic nitrogens is 1. The van der Waals surface area contributed by atoms with Crippen molar-refractivity contribution < 1.29 is 18.7 Å². The van der Waals surface area contributed by atoms with Crippen LogP contribution in [-0.4, -0.2) is 15.5 Å². The lowest BCUT2D eigenvalue weighted by Gasteiger charge is -2.11. The van der Waals surface area contributed by atoms with Gasteiger partial charge >= 0.3 is 0 Å². The summed E-state index contributed by atoms with van der Waals surface area (Å²) < 4.78 is 29.1. The Balaban J connectivity index is 1.73. The van der Waals surface area contributed by atoms with Gasteiger partial charge in [0.05, 0.1) is 0 Å². The monoisotopic (exact) mass is 419 g/mol. The van der Waals surface area contributed by atoms with Crippen LogP contribution in [0, 0.1) is 11.6 Å². The molecule has 0 spiro atoms. The number of phenolic OH excluding ortho intramolecular Hbond substituents is 1. The van der Waals surface area contributed by atoms with Crippen LogP contribution in [-0.2, 0) is 19.4 Å². The predicted octanol–water partition coefficient (Wildman–Crippen LogP) is 6.05. The maximum atomic E-state index is 13.5. The highest BCUT2D eigenvalue weighted by molar-refractivity contribution is 6.10. The van der Waals surface area contributed by atoms with Crippen LogP contribution in [0.1, 0.15) is 40.5 Å². The number of benzene rings is 3. The number of fused-ring (bicyclic) bond motifs is 1. The lowest BCUT2D eigenvalue weighted by Crippen LogP contribution is -2.09. The van der Waals surface area contributed by atoms with Gasteiger partial charge in [-0.25, -0.2) is 8.78 Å². The molecule has 0 saturated carbocycles. The first-order chi connectivity index (χ1) is 15.0. The highest BCUT2D eigenvalue weighted by atomic mass is 19.1. The quantitative estimate of drug-likeness (QED) is 0.371. The van der Waals surface area contributed by atoms with E-state index in [0.717, 1.165) is 22.8 Å². The maximum Gasteiger partial charge on any atom is 0.165 e. The summed E-state index contributed by atoms with van der Waals surface area (Å²) in [5, 5.41) is 10.8. The first-order valence-electron chi connectivity index (χ1n) is 10.3.